The lowest BCUT2D eigenvalue weighted by Crippen LogP contribution is -2.02. The van der Waals surface area contributed by atoms with Crippen LogP contribution in [0.2, 0.25) is 0 Å². The highest BCUT2D eigenvalue weighted by Gasteiger charge is 2.15. The predicted octanol–water partition coefficient (Wildman–Crippen LogP) is 3.07. The zero-order valence-corrected chi connectivity index (χ0v) is 11.9. The fourth-order valence-corrected chi connectivity index (χ4v) is 2.16. The van der Waals surface area contributed by atoms with Crippen LogP contribution in [0.1, 0.15) is 6.92 Å². The SMILES string of the molecule is CCNc1nc(-c2ccc3c(c2)OCO3)ncc1Br. The van der Waals surface area contributed by atoms with E-state index in [0.717, 1.165) is 33.9 Å². The van der Waals surface area contributed by atoms with Crippen LogP contribution in [0.15, 0.2) is 28.9 Å². The lowest BCUT2D eigenvalue weighted by molar-refractivity contribution is 0.174. The van der Waals surface area contributed by atoms with Gasteiger partial charge in [0, 0.05) is 18.3 Å². The van der Waals surface area contributed by atoms with Crippen molar-refractivity contribution in [2.24, 2.45) is 0 Å². The summed E-state index contributed by atoms with van der Waals surface area (Å²) >= 11 is 3.42. The molecule has 1 aliphatic rings. The normalized spacial score (nSPS) is 12.5. The third kappa shape index (κ3) is 2.35. The van der Waals surface area contributed by atoms with Crippen LogP contribution in [0.3, 0.4) is 0 Å². The Kier molecular flexibility index (Phi) is 3.25. The molecule has 2 aromatic rings. The second-order valence-corrected chi connectivity index (χ2v) is 4.84. The van der Waals surface area contributed by atoms with E-state index in [1.807, 2.05) is 25.1 Å². The lowest BCUT2D eigenvalue weighted by atomic mass is 10.2. The fraction of sp³-hybridized carbons (Fsp3) is 0.231. The first-order valence-corrected chi connectivity index (χ1v) is 6.73. The standard InChI is InChI=1S/C13H12BrN3O2/c1-2-15-13-9(14)6-16-12(17-13)8-3-4-10-11(5-8)19-7-18-10/h3-6H,2,7H2,1H3,(H,15,16,17). The zero-order valence-electron chi connectivity index (χ0n) is 10.3. The van der Waals surface area contributed by atoms with E-state index in [4.69, 9.17) is 9.47 Å². The monoisotopic (exact) mass is 321 g/mol. The molecule has 0 bridgehead atoms. The van der Waals surface area contributed by atoms with Gasteiger partial charge in [0.2, 0.25) is 6.79 Å². The first-order valence-electron chi connectivity index (χ1n) is 5.94. The Hall–Kier alpha value is -1.82. The van der Waals surface area contributed by atoms with E-state index >= 15 is 0 Å². The minimum atomic E-state index is 0.266. The highest BCUT2D eigenvalue weighted by atomic mass is 79.9. The third-order valence-electron chi connectivity index (χ3n) is 2.72. The molecule has 6 heteroatoms. The molecule has 0 saturated carbocycles. The first-order chi connectivity index (χ1) is 9.28. The van der Waals surface area contributed by atoms with Crippen LogP contribution in [0.5, 0.6) is 11.5 Å². The van der Waals surface area contributed by atoms with Gasteiger partial charge in [-0.3, -0.25) is 0 Å². The molecule has 19 heavy (non-hydrogen) atoms. The summed E-state index contributed by atoms with van der Waals surface area (Å²) in [6.07, 6.45) is 1.74. The summed E-state index contributed by atoms with van der Waals surface area (Å²) in [6.45, 7) is 3.09. The maximum absolute atomic E-state index is 5.36. The average Bonchev–Trinajstić information content (AvgIpc) is 2.89. The summed E-state index contributed by atoms with van der Waals surface area (Å²) in [4.78, 5) is 8.81. The van der Waals surface area contributed by atoms with Crippen molar-refractivity contribution >= 4 is 21.7 Å². The Balaban J connectivity index is 1.99. The van der Waals surface area contributed by atoms with Crippen molar-refractivity contribution in [2.45, 2.75) is 6.92 Å². The molecule has 3 rings (SSSR count). The summed E-state index contributed by atoms with van der Waals surface area (Å²) in [6, 6.07) is 5.68. The first kappa shape index (κ1) is 12.2. The average molecular weight is 322 g/mol. The van der Waals surface area contributed by atoms with Crippen molar-refractivity contribution in [2.75, 3.05) is 18.7 Å². The van der Waals surface area contributed by atoms with Crippen molar-refractivity contribution in [3.8, 4) is 22.9 Å². The van der Waals surface area contributed by atoms with Crippen LogP contribution in [-0.4, -0.2) is 23.3 Å². The minimum absolute atomic E-state index is 0.266. The Bertz CT molecular complexity index is 619. The summed E-state index contributed by atoms with van der Waals surface area (Å²) < 4.78 is 11.5. The van der Waals surface area contributed by atoms with Crippen molar-refractivity contribution in [3.63, 3.8) is 0 Å². The Labute approximate surface area is 119 Å². The van der Waals surface area contributed by atoms with Gasteiger partial charge in [-0.2, -0.15) is 0 Å². The van der Waals surface area contributed by atoms with Crippen molar-refractivity contribution in [3.05, 3.63) is 28.9 Å². The summed E-state index contributed by atoms with van der Waals surface area (Å²) in [7, 11) is 0. The molecule has 0 fully saturated rings. The predicted molar refractivity (Wildman–Crippen MR) is 75.5 cm³/mol. The van der Waals surface area contributed by atoms with E-state index in [-0.39, 0.29) is 6.79 Å². The van der Waals surface area contributed by atoms with Gasteiger partial charge in [0.1, 0.15) is 5.82 Å². The van der Waals surface area contributed by atoms with E-state index in [9.17, 15) is 0 Å². The summed E-state index contributed by atoms with van der Waals surface area (Å²) in [5.74, 6) is 2.92. The van der Waals surface area contributed by atoms with E-state index in [1.165, 1.54) is 0 Å². The lowest BCUT2D eigenvalue weighted by Gasteiger charge is -2.07. The van der Waals surface area contributed by atoms with Crippen molar-refractivity contribution in [1.29, 1.82) is 0 Å². The fourth-order valence-electron chi connectivity index (χ4n) is 1.83. The van der Waals surface area contributed by atoms with E-state index in [2.05, 4.69) is 31.2 Å². The molecule has 0 amide bonds. The van der Waals surface area contributed by atoms with E-state index < -0.39 is 0 Å². The molecule has 1 aromatic carbocycles. The second-order valence-electron chi connectivity index (χ2n) is 3.99. The van der Waals surface area contributed by atoms with Gasteiger partial charge in [-0.25, -0.2) is 9.97 Å². The minimum Gasteiger partial charge on any atom is -0.454 e. The number of halogens is 1. The smallest absolute Gasteiger partial charge is 0.231 e. The number of hydrogen-bond donors (Lipinski definition) is 1. The molecular formula is C13H12BrN3O2. The molecule has 0 aliphatic carbocycles. The Morgan fingerprint density at radius 1 is 1.32 bits per heavy atom. The number of nitrogens with zero attached hydrogens (tertiary/aromatic N) is 2. The van der Waals surface area contributed by atoms with Gasteiger partial charge in [0.25, 0.3) is 0 Å². The number of hydrogen-bond acceptors (Lipinski definition) is 5. The molecule has 1 aliphatic heterocycles. The molecule has 0 atom stereocenters. The third-order valence-corrected chi connectivity index (χ3v) is 3.30. The van der Waals surface area contributed by atoms with Gasteiger partial charge in [0.05, 0.1) is 4.47 Å². The molecule has 2 heterocycles. The van der Waals surface area contributed by atoms with Crippen LogP contribution in [-0.2, 0) is 0 Å². The van der Waals surface area contributed by atoms with Crippen LogP contribution in [0.25, 0.3) is 11.4 Å². The van der Waals surface area contributed by atoms with Crippen molar-refractivity contribution < 1.29 is 9.47 Å². The summed E-state index contributed by atoms with van der Waals surface area (Å²) in [5, 5.41) is 3.18. The van der Waals surface area contributed by atoms with Crippen LogP contribution in [0.4, 0.5) is 5.82 Å². The quantitative estimate of drug-likeness (QED) is 0.941. The molecule has 0 radical (unpaired) electrons. The van der Waals surface area contributed by atoms with Gasteiger partial charge >= 0.3 is 0 Å². The van der Waals surface area contributed by atoms with Crippen LogP contribution < -0.4 is 14.8 Å². The molecule has 98 valence electrons. The number of anilines is 1. The number of rotatable bonds is 3. The number of benzene rings is 1. The van der Waals surface area contributed by atoms with Crippen LogP contribution >= 0.6 is 15.9 Å². The van der Waals surface area contributed by atoms with Crippen molar-refractivity contribution in [1.82, 2.24) is 9.97 Å². The number of ether oxygens (including phenoxy) is 2. The van der Waals surface area contributed by atoms with Gasteiger partial charge in [-0.05, 0) is 41.1 Å². The highest BCUT2D eigenvalue weighted by Crippen LogP contribution is 2.35. The molecule has 0 unspecified atom stereocenters. The van der Waals surface area contributed by atoms with Gasteiger partial charge in [-0.15, -0.1) is 0 Å². The number of aromatic nitrogens is 2. The maximum Gasteiger partial charge on any atom is 0.231 e. The molecule has 5 nitrogen and oxygen atoms in total. The number of fused-ring (bicyclic) bond motifs is 1. The van der Waals surface area contributed by atoms with Gasteiger partial charge in [-0.1, -0.05) is 0 Å². The van der Waals surface area contributed by atoms with Gasteiger partial charge in [0.15, 0.2) is 17.3 Å². The Morgan fingerprint density at radius 2 is 2.16 bits per heavy atom. The molecule has 1 aromatic heterocycles. The van der Waals surface area contributed by atoms with E-state index in [0.29, 0.717) is 5.82 Å². The van der Waals surface area contributed by atoms with Crippen LogP contribution in [0, 0.1) is 0 Å². The zero-order chi connectivity index (χ0) is 13.2. The largest absolute Gasteiger partial charge is 0.454 e. The Morgan fingerprint density at radius 3 is 3.00 bits per heavy atom. The molecule has 0 spiro atoms. The van der Waals surface area contributed by atoms with E-state index in [1.54, 1.807) is 6.20 Å². The molecule has 1 N–H and O–H groups in total. The second kappa shape index (κ2) is 5.05. The maximum atomic E-state index is 5.36. The molecule has 0 saturated heterocycles. The van der Waals surface area contributed by atoms with Gasteiger partial charge < -0.3 is 14.8 Å². The highest BCUT2D eigenvalue weighted by molar-refractivity contribution is 9.10. The topological polar surface area (TPSA) is 56.3 Å². The number of nitrogens with one attached hydrogen (secondary N) is 1. The summed E-state index contributed by atoms with van der Waals surface area (Å²) in [5.41, 5.74) is 0.899. The molecular weight excluding hydrogens is 310 g/mol.